The van der Waals surface area contributed by atoms with Gasteiger partial charge in [0.05, 0.1) is 0 Å². The van der Waals surface area contributed by atoms with Crippen molar-refractivity contribution in [2.75, 3.05) is 20.6 Å². The lowest BCUT2D eigenvalue weighted by Crippen LogP contribution is -2.12. The maximum atomic E-state index is 2.42. The van der Waals surface area contributed by atoms with Crippen LogP contribution in [0.25, 0.3) is 0 Å². The molecule has 274 valence electrons. The molecular formula is C45H89N. The first-order valence-corrected chi connectivity index (χ1v) is 21.6. The Morgan fingerprint density at radius 2 is 0.652 bits per heavy atom. The highest BCUT2D eigenvalue weighted by atomic mass is 15.0. The number of nitrogens with zero attached hydrogens (tertiary/aromatic N) is 1. The van der Waals surface area contributed by atoms with Gasteiger partial charge in [-0.2, -0.15) is 0 Å². The van der Waals surface area contributed by atoms with Crippen molar-refractivity contribution in [1.82, 2.24) is 4.90 Å². The smallest absolute Gasteiger partial charge is 0.00248 e. The maximum Gasteiger partial charge on any atom is -0.00248 e. The minimum absolute atomic E-state index is 1.01. The van der Waals surface area contributed by atoms with Gasteiger partial charge in [0.15, 0.2) is 0 Å². The van der Waals surface area contributed by atoms with Gasteiger partial charge in [-0.05, 0) is 65.1 Å². The van der Waals surface area contributed by atoms with Crippen molar-refractivity contribution in [2.45, 2.75) is 239 Å². The predicted octanol–water partition coefficient (Wildman–Crippen LogP) is 16.0. The molecule has 0 N–H and O–H groups in total. The standard InChI is InChI=1S/C45H89N/c1-5-7-9-11-13-15-17-19-21-23-25-27-29-31-33-37-41-45(43-39-35-36-40-44-46(3)4)42-38-34-32-30-28-26-24-22-20-18-16-14-12-10-8-6-2/h13,15,19,21,45H,5-12,14,16-18,20,22-44H2,1-4H3/b15-13-,21-19-. The Bertz CT molecular complexity index is 590. The molecule has 0 aromatic heterocycles. The lowest BCUT2D eigenvalue weighted by atomic mass is 9.89. The fraction of sp³-hybridized carbons (Fsp3) is 0.911. The summed E-state index contributed by atoms with van der Waals surface area (Å²) < 4.78 is 0. The van der Waals surface area contributed by atoms with E-state index in [0.29, 0.717) is 0 Å². The molecule has 1 nitrogen and oxygen atoms in total. The van der Waals surface area contributed by atoms with Gasteiger partial charge in [0.25, 0.3) is 0 Å². The Morgan fingerprint density at radius 3 is 1.04 bits per heavy atom. The van der Waals surface area contributed by atoms with Crippen LogP contribution in [0.4, 0.5) is 0 Å². The van der Waals surface area contributed by atoms with E-state index >= 15 is 0 Å². The Kier molecular flexibility index (Phi) is 40.1. The Hall–Kier alpha value is -0.560. The Balaban J connectivity index is 3.85. The van der Waals surface area contributed by atoms with Crippen molar-refractivity contribution in [3.63, 3.8) is 0 Å². The number of unbranched alkanes of at least 4 members (excludes halogenated alkanes) is 27. The largest absolute Gasteiger partial charge is 0.309 e. The van der Waals surface area contributed by atoms with Gasteiger partial charge in [-0.25, -0.2) is 0 Å². The monoisotopic (exact) mass is 644 g/mol. The number of allylic oxidation sites excluding steroid dienone is 4. The Morgan fingerprint density at radius 1 is 0.348 bits per heavy atom. The van der Waals surface area contributed by atoms with Crippen LogP contribution in [0.5, 0.6) is 0 Å². The summed E-state index contributed by atoms with van der Waals surface area (Å²) >= 11 is 0. The topological polar surface area (TPSA) is 3.24 Å². The summed E-state index contributed by atoms with van der Waals surface area (Å²) in [6.07, 6.45) is 59.7. The van der Waals surface area contributed by atoms with Gasteiger partial charge in [0.1, 0.15) is 0 Å². The fourth-order valence-corrected chi connectivity index (χ4v) is 7.05. The third kappa shape index (κ3) is 39.6. The van der Waals surface area contributed by atoms with E-state index in [-0.39, 0.29) is 0 Å². The zero-order valence-corrected chi connectivity index (χ0v) is 32.8. The van der Waals surface area contributed by atoms with Crippen LogP contribution in [0.1, 0.15) is 239 Å². The second kappa shape index (κ2) is 40.6. The van der Waals surface area contributed by atoms with Crippen LogP contribution < -0.4 is 0 Å². The quantitative estimate of drug-likeness (QED) is 0.0476. The molecule has 0 spiro atoms. The highest BCUT2D eigenvalue weighted by Crippen LogP contribution is 2.25. The van der Waals surface area contributed by atoms with Crippen LogP contribution in [0, 0.1) is 5.92 Å². The fourth-order valence-electron chi connectivity index (χ4n) is 7.05. The van der Waals surface area contributed by atoms with Gasteiger partial charge < -0.3 is 4.90 Å². The molecule has 0 saturated heterocycles. The molecule has 0 aromatic rings. The van der Waals surface area contributed by atoms with Gasteiger partial charge in [-0.1, -0.05) is 224 Å². The molecule has 0 rings (SSSR count). The van der Waals surface area contributed by atoms with Crippen molar-refractivity contribution >= 4 is 0 Å². The third-order valence-corrected chi connectivity index (χ3v) is 10.2. The van der Waals surface area contributed by atoms with Crippen molar-refractivity contribution in [2.24, 2.45) is 5.92 Å². The molecule has 0 aliphatic heterocycles. The SMILES string of the molecule is CCCCC/C=C\C/C=C\CCCCCCCCC(CCCCCCCCCCCCCCCCCC)CCCCCCN(C)C. The van der Waals surface area contributed by atoms with Crippen LogP contribution in [0.15, 0.2) is 24.3 Å². The first-order valence-electron chi connectivity index (χ1n) is 21.6. The highest BCUT2D eigenvalue weighted by molar-refractivity contribution is 4.92. The summed E-state index contributed by atoms with van der Waals surface area (Å²) in [6, 6.07) is 0. The van der Waals surface area contributed by atoms with Crippen LogP contribution in [0.3, 0.4) is 0 Å². The van der Waals surface area contributed by atoms with Gasteiger partial charge in [0.2, 0.25) is 0 Å². The Labute approximate surface area is 293 Å². The molecule has 1 unspecified atom stereocenters. The van der Waals surface area contributed by atoms with E-state index in [9.17, 15) is 0 Å². The van der Waals surface area contributed by atoms with E-state index in [0.717, 1.165) is 12.3 Å². The third-order valence-electron chi connectivity index (χ3n) is 10.2. The maximum absolute atomic E-state index is 2.42. The molecule has 0 aromatic carbocycles. The predicted molar refractivity (Wildman–Crippen MR) is 213 cm³/mol. The molecule has 0 aliphatic carbocycles. The summed E-state index contributed by atoms with van der Waals surface area (Å²) in [6.45, 7) is 5.85. The molecule has 0 bridgehead atoms. The lowest BCUT2D eigenvalue weighted by molar-refractivity contribution is 0.357. The van der Waals surface area contributed by atoms with Gasteiger partial charge in [-0.15, -0.1) is 0 Å². The second-order valence-electron chi connectivity index (χ2n) is 15.3. The zero-order valence-electron chi connectivity index (χ0n) is 32.8. The minimum atomic E-state index is 1.01. The van der Waals surface area contributed by atoms with E-state index in [1.165, 1.54) is 225 Å². The van der Waals surface area contributed by atoms with Gasteiger partial charge >= 0.3 is 0 Å². The van der Waals surface area contributed by atoms with Crippen LogP contribution in [-0.2, 0) is 0 Å². The van der Waals surface area contributed by atoms with E-state index in [2.05, 4.69) is 57.1 Å². The summed E-state index contributed by atoms with van der Waals surface area (Å²) in [5, 5.41) is 0. The molecule has 0 amide bonds. The molecule has 0 radical (unpaired) electrons. The average Bonchev–Trinajstić information content (AvgIpc) is 3.05. The van der Waals surface area contributed by atoms with Crippen molar-refractivity contribution in [1.29, 1.82) is 0 Å². The average molecular weight is 644 g/mol. The molecule has 0 saturated carbocycles. The van der Waals surface area contributed by atoms with E-state index in [1.54, 1.807) is 0 Å². The first-order chi connectivity index (χ1) is 22.7. The summed E-state index contributed by atoms with van der Waals surface area (Å²) in [5.41, 5.74) is 0. The van der Waals surface area contributed by atoms with Gasteiger partial charge in [0, 0.05) is 0 Å². The molecule has 0 heterocycles. The van der Waals surface area contributed by atoms with Crippen LogP contribution in [-0.4, -0.2) is 25.5 Å². The molecule has 0 fully saturated rings. The molecular weight excluding hydrogens is 555 g/mol. The minimum Gasteiger partial charge on any atom is -0.309 e. The lowest BCUT2D eigenvalue weighted by Gasteiger charge is -2.17. The van der Waals surface area contributed by atoms with Crippen molar-refractivity contribution in [3.8, 4) is 0 Å². The first kappa shape index (κ1) is 45.4. The molecule has 1 heteroatoms. The number of hydrogen-bond donors (Lipinski definition) is 0. The zero-order chi connectivity index (χ0) is 33.4. The van der Waals surface area contributed by atoms with Crippen molar-refractivity contribution < 1.29 is 0 Å². The number of rotatable bonds is 39. The van der Waals surface area contributed by atoms with Crippen LogP contribution >= 0.6 is 0 Å². The van der Waals surface area contributed by atoms with Gasteiger partial charge in [-0.3, -0.25) is 0 Å². The second-order valence-corrected chi connectivity index (χ2v) is 15.3. The highest BCUT2D eigenvalue weighted by Gasteiger charge is 2.09. The summed E-state index contributed by atoms with van der Waals surface area (Å²) in [5.74, 6) is 1.01. The van der Waals surface area contributed by atoms with E-state index in [1.807, 2.05) is 0 Å². The van der Waals surface area contributed by atoms with Crippen molar-refractivity contribution in [3.05, 3.63) is 24.3 Å². The summed E-state index contributed by atoms with van der Waals surface area (Å²) in [7, 11) is 4.42. The summed E-state index contributed by atoms with van der Waals surface area (Å²) in [4.78, 5) is 2.34. The number of hydrogen-bond acceptors (Lipinski definition) is 1. The van der Waals surface area contributed by atoms with E-state index < -0.39 is 0 Å². The van der Waals surface area contributed by atoms with Crippen LogP contribution in [0.2, 0.25) is 0 Å². The van der Waals surface area contributed by atoms with E-state index in [4.69, 9.17) is 0 Å². The molecule has 0 aliphatic rings. The molecule has 46 heavy (non-hydrogen) atoms. The normalized spacial score (nSPS) is 12.8. The molecule has 1 atom stereocenters.